The first-order valence-electron chi connectivity index (χ1n) is 11.8. The quantitative estimate of drug-likeness (QED) is 0.234. The van der Waals surface area contributed by atoms with Crippen molar-refractivity contribution >= 4 is 17.9 Å². The molecular weight excluding hydrogens is 440 g/mol. The lowest BCUT2D eigenvalue weighted by atomic mass is 9.74. The molecule has 0 aromatic heterocycles. The molecule has 7 atom stereocenters. The van der Waals surface area contributed by atoms with Gasteiger partial charge in [0.05, 0.1) is 23.9 Å². The fourth-order valence-corrected chi connectivity index (χ4v) is 5.11. The Morgan fingerprint density at radius 1 is 1.12 bits per heavy atom. The number of carbonyl (C=O) groups is 3. The van der Waals surface area contributed by atoms with Crippen LogP contribution in [0.3, 0.4) is 0 Å². The predicted molar refractivity (Wildman–Crippen MR) is 123 cm³/mol. The number of esters is 3. The van der Waals surface area contributed by atoms with Crippen LogP contribution in [-0.2, 0) is 38.1 Å². The minimum absolute atomic E-state index is 0.169. The van der Waals surface area contributed by atoms with Crippen LogP contribution in [0.25, 0.3) is 0 Å². The van der Waals surface area contributed by atoms with Gasteiger partial charge in [0.1, 0.15) is 12.2 Å². The normalized spacial score (nSPS) is 32.0. The molecule has 2 aliphatic heterocycles. The van der Waals surface area contributed by atoms with E-state index in [2.05, 4.69) is 20.1 Å². The fraction of sp³-hybridized carbons (Fsp3) is 0.654. The van der Waals surface area contributed by atoms with Gasteiger partial charge in [-0.25, -0.2) is 0 Å². The Labute approximate surface area is 201 Å². The van der Waals surface area contributed by atoms with E-state index >= 15 is 0 Å². The Hall–Kier alpha value is -2.61. The molecule has 0 unspecified atom stereocenters. The van der Waals surface area contributed by atoms with Crippen LogP contribution in [0.1, 0.15) is 66.7 Å². The summed E-state index contributed by atoms with van der Waals surface area (Å²) >= 11 is 0. The highest BCUT2D eigenvalue weighted by Gasteiger charge is 2.54. The highest BCUT2D eigenvalue weighted by atomic mass is 16.7. The van der Waals surface area contributed by atoms with E-state index in [1.54, 1.807) is 6.92 Å². The second kappa shape index (κ2) is 10.3. The van der Waals surface area contributed by atoms with Gasteiger partial charge in [-0.1, -0.05) is 18.7 Å². The smallest absolute Gasteiger partial charge is 0.305 e. The average molecular weight is 477 g/mol. The Morgan fingerprint density at radius 3 is 2.38 bits per heavy atom. The van der Waals surface area contributed by atoms with Gasteiger partial charge in [0, 0.05) is 38.7 Å². The standard InChI is InChI=1S/C26H36O8/c1-14(2)21(31-16(4)27)12-22(32-17(5)28)20-13-30-25(33-18(6)29)24-15(3)8-9-23-26(7,34-23)11-10-19(20)24/h13,19,21-25H,1,3,8-12H2,2,4-7H3/t19-,21+,22-,23-,24+,25-,26+/m1/s1. The van der Waals surface area contributed by atoms with Gasteiger partial charge in [-0.15, -0.1) is 0 Å². The lowest BCUT2D eigenvalue weighted by Crippen LogP contribution is -2.42. The van der Waals surface area contributed by atoms with Crippen LogP contribution in [0.2, 0.25) is 0 Å². The molecule has 3 rings (SSSR count). The third kappa shape index (κ3) is 6.09. The predicted octanol–water partition coefficient (Wildman–Crippen LogP) is 4.14. The number of epoxide rings is 1. The Balaban J connectivity index is 1.98. The molecule has 0 spiro atoms. The van der Waals surface area contributed by atoms with Gasteiger partial charge >= 0.3 is 17.9 Å². The van der Waals surface area contributed by atoms with Crippen molar-refractivity contribution in [3.05, 3.63) is 36.1 Å². The maximum atomic E-state index is 12.1. The molecule has 8 nitrogen and oxygen atoms in total. The third-order valence-electron chi connectivity index (χ3n) is 6.93. The van der Waals surface area contributed by atoms with Gasteiger partial charge in [0.25, 0.3) is 0 Å². The Morgan fingerprint density at radius 2 is 1.79 bits per heavy atom. The van der Waals surface area contributed by atoms with Crippen molar-refractivity contribution in [3.8, 4) is 0 Å². The van der Waals surface area contributed by atoms with Crippen LogP contribution >= 0.6 is 0 Å². The zero-order valence-electron chi connectivity index (χ0n) is 20.8. The van der Waals surface area contributed by atoms with Crippen molar-refractivity contribution in [2.45, 2.75) is 96.9 Å². The van der Waals surface area contributed by atoms with Gasteiger partial charge < -0.3 is 23.7 Å². The molecule has 0 bridgehead atoms. The second-order valence-corrected chi connectivity index (χ2v) is 9.80. The molecule has 188 valence electrons. The minimum Gasteiger partial charge on any atom is -0.462 e. The van der Waals surface area contributed by atoms with Gasteiger partial charge in [0.15, 0.2) is 0 Å². The van der Waals surface area contributed by atoms with E-state index < -0.39 is 36.4 Å². The van der Waals surface area contributed by atoms with Crippen molar-refractivity contribution in [2.24, 2.45) is 11.8 Å². The summed E-state index contributed by atoms with van der Waals surface area (Å²) in [6, 6.07) is 0. The highest BCUT2D eigenvalue weighted by Crippen LogP contribution is 2.50. The van der Waals surface area contributed by atoms with E-state index in [1.165, 1.54) is 27.0 Å². The van der Waals surface area contributed by atoms with Gasteiger partial charge in [-0.3, -0.25) is 14.4 Å². The van der Waals surface area contributed by atoms with Crippen LogP contribution in [-0.4, -0.2) is 48.1 Å². The minimum atomic E-state index is -0.815. The summed E-state index contributed by atoms with van der Waals surface area (Å²) < 4.78 is 28.6. The van der Waals surface area contributed by atoms with Crippen molar-refractivity contribution in [3.63, 3.8) is 0 Å². The van der Waals surface area contributed by atoms with E-state index in [0.29, 0.717) is 18.4 Å². The largest absolute Gasteiger partial charge is 0.462 e. The summed E-state index contributed by atoms with van der Waals surface area (Å²) in [5.74, 6) is -1.83. The van der Waals surface area contributed by atoms with Crippen molar-refractivity contribution < 1.29 is 38.1 Å². The van der Waals surface area contributed by atoms with Gasteiger partial charge in [-0.05, 0) is 45.1 Å². The maximum Gasteiger partial charge on any atom is 0.305 e. The fourth-order valence-electron chi connectivity index (χ4n) is 5.11. The third-order valence-corrected chi connectivity index (χ3v) is 6.93. The zero-order chi connectivity index (χ0) is 25.2. The molecule has 0 radical (unpaired) electrons. The lowest BCUT2D eigenvalue weighted by Gasteiger charge is -2.41. The van der Waals surface area contributed by atoms with E-state index in [-0.39, 0.29) is 30.0 Å². The topological polar surface area (TPSA) is 101 Å². The van der Waals surface area contributed by atoms with Gasteiger partial charge in [0.2, 0.25) is 6.29 Å². The van der Waals surface area contributed by atoms with Crippen LogP contribution in [0.5, 0.6) is 0 Å². The number of carbonyl (C=O) groups excluding carboxylic acids is 3. The molecule has 8 heteroatoms. The van der Waals surface area contributed by atoms with E-state index in [0.717, 1.165) is 24.0 Å². The number of hydrogen-bond donors (Lipinski definition) is 0. The zero-order valence-corrected chi connectivity index (χ0v) is 20.8. The SMILES string of the molecule is C=C1CC[C@H]2O[C@@]2(C)CC[C@@H]2C([C@@H](C[C@H](OC(C)=O)C(=C)C)OC(C)=O)=CO[C@H](OC(C)=O)[C@@H]12. The Bertz CT molecular complexity index is 889. The molecular formula is C26H36O8. The van der Waals surface area contributed by atoms with Gasteiger partial charge in [-0.2, -0.15) is 0 Å². The van der Waals surface area contributed by atoms with Crippen LogP contribution < -0.4 is 0 Å². The number of fused-ring (bicyclic) bond motifs is 2. The number of ether oxygens (including phenoxy) is 5. The molecule has 2 fully saturated rings. The summed E-state index contributed by atoms with van der Waals surface area (Å²) in [6.45, 7) is 16.1. The summed E-state index contributed by atoms with van der Waals surface area (Å²) in [5.41, 5.74) is 2.08. The van der Waals surface area contributed by atoms with Crippen molar-refractivity contribution in [2.75, 3.05) is 0 Å². The van der Waals surface area contributed by atoms with E-state index in [9.17, 15) is 14.4 Å². The highest BCUT2D eigenvalue weighted by molar-refractivity contribution is 5.67. The van der Waals surface area contributed by atoms with Crippen molar-refractivity contribution in [1.82, 2.24) is 0 Å². The average Bonchev–Trinajstić information content (AvgIpc) is 3.37. The van der Waals surface area contributed by atoms with Crippen LogP contribution in [0, 0.1) is 11.8 Å². The molecule has 2 heterocycles. The molecule has 0 amide bonds. The first kappa shape index (κ1) is 26.0. The molecule has 1 saturated heterocycles. The molecule has 0 aromatic carbocycles. The van der Waals surface area contributed by atoms with Crippen LogP contribution in [0.4, 0.5) is 0 Å². The molecule has 34 heavy (non-hydrogen) atoms. The molecule has 3 aliphatic rings. The first-order chi connectivity index (χ1) is 15.9. The van der Waals surface area contributed by atoms with E-state index in [4.69, 9.17) is 23.7 Å². The molecule has 0 N–H and O–H groups in total. The number of hydrogen-bond acceptors (Lipinski definition) is 8. The second-order valence-electron chi connectivity index (χ2n) is 9.80. The molecule has 1 saturated carbocycles. The monoisotopic (exact) mass is 476 g/mol. The van der Waals surface area contributed by atoms with Crippen LogP contribution in [0.15, 0.2) is 36.1 Å². The first-order valence-corrected chi connectivity index (χ1v) is 11.8. The molecule has 1 aliphatic carbocycles. The maximum absolute atomic E-state index is 12.1. The van der Waals surface area contributed by atoms with Crippen molar-refractivity contribution in [1.29, 1.82) is 0 Å². The summed E-state index contributed by atoms with van der Waals surface area (Å²) in [6.07, 6.45) is 2.76. The number of rotatable bonds is 7. The van der Waals surface area contributed by atoms with E-state index in [1.807, 2.05) is 0 Å². The lowest BCUT2D eigenvalue weighted by molar-refractivity contribution is -0.181. The Kier molecular flexibility index (Phi) is 7.91. The molecule has 0 aromatic rings. The summed E-state index contributed by atoms with van der Waals surface area (Å²) in [7, 11) is 0. The summed E-state index contributed by atoms with van der Waals surface area (Å²) in [4.78, 5) is 35.5. The summed E-state index contributed by atoms with van der Waals surface area (Å²) in [5, 5.41) is 0.